The van der Waals surface area contributed by atoms with Crippen LogP contribution >= 0.6 is 0 Å². The summed E-state index contributed by atoms with van der Waals surface area (Å²) >= 11 is 0. The van der Waals surface area contributed by atoms with E-state index >= 15 is 0 Å². The number of carbonyl (C=O) groups excluding carboxylic acids is 2. The van der Waals surface area contributed by atoms with Gasteiger partial charge in [0.15, 0.2) is 6.54 Å². The normalized spacial score (nSPS) is 25.8. The van der Waals surface area contributed by atoms with E-state index in [1.807, 2.05) is 24.3 Å². The van der Waals surface area contributed by atoms with Gasteiger partial charge in [-0.3, -0.25) is 9.59 Å². The molecule has 2 amide bonds. The van der Waals surface area contributed by atoms with Gasteiger partial charge in [-0.1, -0.05) is 25.0 Å². The lowest BCUT2D eigenvalue weighted by atomic mass is 9.80. The molecule has 1 aromatic carbocycles. The van der Waals surface area contributed by atoms with E-state index in [4.69, 9.17) is 4.74 Å². The Kier molecular flexibility index (Phi) is 6.37. The summed E-state index contributed by atoms with van der Waals surface area (Å²) in [6, 6.07) is 8.32. The largest absolute Gasteiger partial charge is 0.497 e. The number of amides is 2. The van der Waals surface area contributed by atoms with Crippen molar-refractivity contribution in [1.82, 2.24) is 10.6 Å². The minimum atomic E-state index is -0.358. The fraction of sp³-hybridized carbons (Fsp3) is 0.619. The number of carbonyl (C=O) groups is 2. The third-order valence-electron chi connectivity index (χ3n) is 6.00. The maximum atomic E-state index is 12.3. The molecule has 0 radical (unpaired) electrons. The highest BCUT2D eigenvalue weighted by Gasteiger charge is 2.39. The van der Waals surface area contributed by atoms with Crippen LogP contribution in [0, 0.1) is 0 Å². The van der Waals surface area contributed by atoms with Gasteiger partial charge in [0.2, 0.25) is 5.91 Å². The van der Waals surface area contributed by atoms with E-state index < -0.39 is 0 Å². The molecule has 0 spiro atoms. The number of likely N-dealkylation sites (tertiary alicyclic amines) is 1. The van der Waals surface area contributed by atoms with Crippen molar-refractivity contribution in [3.05, 3.63) is 29.8 Å². The zero-order valence-corrected chi connectivity index (χ0v) is 16.5. The molecule has 0 unspecified atom stereocenters. The standard InChI is InChI=1S/C21H31N3O3/c1-16(25)23-21(17-7-9-19(27-2)10-8-17)11-13-24(14-12-21)15-20(26)22-18-5-3-4-6-18/h7-10,18H,3-6,11-15H2,1-2H3,(H,22,26)(H,23,25)/p+1. The average molecular weight is 375 g/mol. The average Bonchev–Trinajstić information content (AvgIpc) is 3.16. The van der Waals surface area contributed by atoms with Gasteiger partial charge in [0.25, 0.3) is 5.91 Å². The van der Waals surface area contributed by atoms with Crippen LogP contribution in [0.1, 0.15) is 51.0 Å². The van der Waals surface area contributed by atoms with Crippen LogP contribution < -0.4 is 20.3 Å². The van der Waals surface area contributed by atoms with Gasteiger partial charge in [-0.25, -0.2) is 0 Å². The summed E-state index contributed by atoms with van der Waals surface area (Å²) in [6.07, 6.45) is 6.33. The Hall–Kier alpha value is -2.08. The smallest absolute Gasteiger partial charge is 0.275 e. The van der Waals surface area contributed by atoms with Gasteiger partial charge in [0, 0.05) is 25.8 Å². The molecule has 1 saturated heterocycles. The van der Waals surface area contributed by atoms with Crippen molar-refractivity contribution in [2.24, 2.45) is 0 Å². The lowest BCUT2D eigenvalue weighted by Gasteiger charge is -2.40. The SMILES string of the molecule is COc1ccc(C2(NC(C)=O)CC[NH+](CC(=O)NC3CCCC3)CC2)cc1. The van der Waals surface area contributed by atoms with Crippen LogP contribution in [0.3, 0.4) is 0 Å². The second kappa shape index (κ2) is 8.74. The van der Waals surface area contributed by atoms with Gasteiger partial charge in [0.1, 0.15) is 5.75 Å². The Morgan fingerprint density at radius 3 is 2.33 bits per heavy atom. The summed E-state index contributed by atoms with van der Waals surface area (Å²) in [6.45, 7) is 3.82. The molecule has 6 heteroatoms. The monoisotopic (exact) mass is 374 g/mol. The summed E-state index contributed by atoms with van der Waals surface area (Å²) in [5.74, 6) is 0.949. The van der Waals surface area contributed by atoms with Crippen molar-refractivity contribution < 1.29 is 19.2 Å². The van der Waals surface area contributed by atoms with Crippen molar-refractivity contribution in [2.45, 2.75) is 57.0 Å². The molecule has 2 aliphatic rings. The van der Waals surface area contributed by atoms with Gasteiger partial charge in [-0.05, 0) is 30.5 Å². The van der Waals surface area contributed by atoms with Gasteiger partial charge in [-0.2, -0.15) is 0 Å². The summed E-state index contributed by atoms with van der Waals surface area (Å²) < 4.78 is 5.25. The van der Waals surface area contributed by atoms with Crippen LogP contribution in [0.25, 0.3) is 0 Å². The molecule has 1 aliphatic carbocycles. The van der Waals surface area contributed by atoms with E-state index in [9.17, 15) is 9.59 Å². The Morgan fingerprint density at radius 1 is 1.15 bits per heavy atom. The molecule has 3 N–H and O–H groups in total. The van der Waals surface area contributed by atoms with E-state index in [0.717, 1.165) is 50.1 Å². The summed E-state index contributed by atoms with van der Waals surface area (Å²) in [5.41, 5.74) is 0.747. The molecule has 148 valence electrons. The highest BCUT2D eigenvalue weighted by molar-refractivity contribution is 5.77. The van der Waals surface area contributed by atoms with E-state index in [2.05, 4.69) is 10.6 Å². The number of quaternary nitrogens is 1. The molecule has 1 heterocycles. The quantitative estimate of drug-likeness (QED) is 0.689. The third-order valence-corrected chi connectivity index (χ3v) is 6.00. The maximum Gasteiger partial charge on any atom is 0.275 e. The van der Waals surface area contributed by atoms with Crippen LogP contribution in [0.5, 0.6) is 5.75 Å². The lowest BCUT2D eigenvalue weighted by molar-refractivity contribution is -0.898. The van der Waals surface area contributed by atoms with E-state index in [1.165, 1.54) is 17.7 Å². The summed E-state index contributed by atoms with van der Waals surface area (Å²) in [4.78, 5) is 25.5. The molecule has 3 rings (SSSR count). The van der Waals surface area contributed by atoms with Gasteiger partial charge in [-0.15, -0.1) is 0 Å². The summed E-state index contributed by atoms with van der Waals surface area (Å²) in [5, 5.41) is 6.37. The van der Waals surface area contributed by atoms with Crippen molar-refractivity contribution in [1.29, 1.82) is 0 Å². The second-order valence-electron chi connectivity index (χ2n) is 7.97. The van der Waals surface area contributed by atoms with Crippen molar-refractivity contribution in [2.75, 3.05) is 26.7 Å². The molecular formula is C21H32N3O3+. The topological polar surface area (TPSA) is 71.9 Å². The number of hydrogen-bond acceptors (Lipinski definition) is 3. The zero-order valence-electron chi connectivity index (χ0n) is 16.5. The molecule has 0 atom stereocenters. The van der Waals surface area contributed by atoms with Crippen LogP contribution in [0.4, 0.5) is 0 Å². The van der Waals surface area contributed by atoms with Crippen LogP contribution in [0.15, 0.2) is 24.3 Å². The fourth-order valence-corrected chi connectivity index (χ4v) is 4.52. The third kappa shape index (κ3) is 5.01. The molecule has 0 bridgehead atoms. The minimum absolute atomic E-state index is 0.0201. The highest BCUT2D eigenvalue weighted by atomic mass is 16.5. The Morgan fingerprint density at radius 2 is 1.78 bits per heavy atom. The molecule has 1 aliphatic heterocycles. The molecule has 1 aromatic rings. The van der Waals surface area contributed by atoms with Crippen LogP contribution in [-0.2, 0) is 15.1 Å². The number of nitrogens with one attached hydrogen (secondary N) is 3. The number of ether oxygens (including phenoxy) is 1. The number of methoxy groups -OCH3 is 1. The first-order valence-corrected chi connectivity index (χ1v) is 10.1. The van der Waals surface area contributed by atoms with E-state index in [1.54, 1.807) is 14.0 Å². The maximum absolute atomic E-state index is 12.3. The molecule has 27 heavy (non-hydrogen) atoms. The minimum Gasteiger partial charge on any atom is -0.497 e. The van der Waals surface area contributed by atoms with Crippen molar-refractivity contribution in [3.63, 3.8) is 0 Å². The molecule has 6 nitrogen and oxygen atoms in total. The number of piperidine rings is 1. The van der Waals surface area contributed by atoms with Gasteiger partial charge in [0.05, 0.1) is 25.7 Å². The zero-order chi connectivity index (χ0) is 19.3. The number of hydrogen-bond donors (Lipinski definition) is 3. The number of benzene rings is 1. The van der Waals surface area contributed by atoms with E-state index in [0.29, 0.717) is 12.6 Å². The van der Waals surface area contributed by atoms with Gasteiger partial charge < -0.3 is 20.3 Å². The first kappa shape index (κ1) is 19.7. The second-order valence-corrected chi connectivity index (χ2v) is 7.97. The molecule has 1 saturated carbocycles. The van der Waals surface area contributed by atoms with Crippen LogP contribution in [0.2, 0.25) is 0 Å². The Balaban J connectivity index is 1.61. The first-order valence-electron chi connectivity index (χ1n) is 10.1. The van der Waals surface area contributed by atoms with Crippen molar-refractivity contribution in [3.8, 4) is 5.75 Å². The molecular weight excluding hydrogens is 342 g/mol. The Bertz CT molecular complexity index is 645. The van der Waals surface area contributed by atoms with Gasteiger partial charge >= 0.3 is 0 Å². The van der Waals surface area contributed by atoms with Crippen molar-refractivity contribution >= 4 is 11.8 Å². The van der Waals surface area contributed by atoms with Crippen LogP contribution in [-0.4, -0.2) is 44.6 Å². The molecule has 2 fully saturated rings. The molecule has 0 aromatic heterocycles. The first-order chi connectivity index (χ1) is 13.0. The predicted octanol–water partition coefficient (Wildman–Crippen LogP) is 0.764. The summed E-state index contributed by atoms with van der Waals surface area (Å²) in [7, 11) is 1.65. The lowest BCUT2D eigenvalue weighted by Crippen LogP contribution is -3.14. The fourth-order valence-electron chi connectivity index (χ4n) is 4.52. The highest BCUT2D eigenvalue weighted by Crippen LogP contribution is 2.31. The predicted molar refractivity (Wildman–Crippen MR) is 104 cm³/mol. The van der Waals surface area contributed by atoms with E-state index in [-0.39, 0.29) is 17.4 Å². The number of rotatable bonds is 6. The Labute approximate surface area is 161 Å².